The second-order valence-corrected chi connectivity index (χ2v) is 6.59. The van der Waals surface area contributed by atoms with Gasteiger partial charge in [-0.1, -0.05) is 24.3 Å². The molecule has 1 rings (SSSR count). The Morgan fingerprint density at radius 2 is 1.84 bits per heavy atom. The number of carbonyl (C=O) groups excluding carboxylic acids is 2. The molecule has 0 fully saturated rings. The quantitative estimate of drug-likeness (QED) is 0.369. The maximum Gasteiger partial charge on any atom is 0.251 e. The van der Waals surface area contributed by atoms with Gasteiger partial charge >= 0.3 is 0 Å². The van der Waals surface area contributed by atoms with Crippen LogP contribution in [0.25, 0.3) is 0 Å². The van der Waals surface area contributed by atoms with E-state index in [1.54, 1.807) is 19.1 Å². The largest absolute Gasteiger partial charge is 0.352 e. The summed E-state index contributed by atoms with van der Waals surface area (Å²) in [6.45, 7) is 9.81. The SMILES string of the molecule is C=C(C)/C=C\C(=C/C)NSc1ccc(C(=O)NCCCC(C)=O)cc1. The van der Waals surface area contributed by atoms with Crippen molar-refractivity contribution in [3.63, 3.8) is 0 Å². The Labute approximate surface area is 154 Å². The second kappa shape index (κ2) is 11.3. The van der Waals surface area contributed by atoms with Gasteiger partial charge in [-0.05, 0) is 69.5 Å². The van der Waals surface area contributed by atoms with Crippen LogP contribution in [0.5, 0.6) is 0 Å². The molecule has 0 heterocycles. The van der Waals surface area contributed by atoms with Crippen molar-refractivity contribution >= 4 is 23.6 Å². The second-order valence-electron chi connectivity index (χ2n) is 5.71. The van der Waals surface area contributed by atoms with E-state index >= 15 is 0 Å². The highest BCUT2D eigenvalue weighted by Crippen LogP contribution is 2.17. The molecule has 1 amide bonds. The zero-order chi connectivity index (χ0) is 18.7. The topological polar surface area (TPSA) is 58.2 Å². The lowest BCUT2D eigenvalue weighted by Crippen LogP contribution is -2.24. The van der Waals surface area contributed by atoms with Gasteiger partial charge in [0, 0.05) is 29.1 Å². The molecule has 134 valence electrons. The monoisotopic (exact) mass is 358 g/mol. The zero-order valence-electron chi connectivity index (χ0n) is 15.1. The van der Waals surface area contributed by atoms with Crippen molar-refractivity contribution in [1.29, 1.82) is 0 Å². The average molecular weight is 359 g/mol. The Hall–Kier alpha value is -2.27. The molecule has 1 aromatic rings. The first-order valence-corrected chi connectivity index (χ1v) is 9.04. The number of hydrogen-bond acceptors (Lipinski definition) is 4. The van der Waals surface area contributed by atoms with E-state index in [-0.39, 0.29) is 11.7 Å². The fraction of sp³-hybridized carbons (Fsp3) is 0.300. The van der Waals surface area contributed by atoms with Crippen LogP contribution in [0, 0.1) is 0 Å². The summed E-state index contributed by atoms with van der Waals surface area (Å²) >= 11 is 1.48. The van der Waals surface area contributed by atoms with E-state index in [1.165, 1.54) is 11.9 Å². The number of rotatable bonds is 10. The van der Waals surface area contributed by atoms with E-state index < -0.39 is 0 Å². The summed E-state index contributed by atoms with van der Waals surface area (Å²) in [7, 11) is 0. The number of amides is 1. The third-order valence-corrected chi connectivity index (χ3v) is 4.10. The van der Waals surface area contributed by atoms with Crippen molar-refractivity contribution in [1.82, 2.24) is 10.0 Å². The van der Waals surface area contributed by atoms with E-state index in [0.29, 0.717) is 24.9 Å². The van der Waals surface area contributed by atoms with Crippen LogP contribution in [-0.4, -0.2) is 18.2 Å². The number of hydrogen-bond donors (Lipinski definition) is 2. The molecular formula is C20H26N2O2S. The zero-order valence-corrected chi connectivity index (χ0v) is 15.9. The Bertz CT molecular complexity index is 661. The van der Waals surface area contributed by atoms with Gasteiger partial charge in [0.25, 0.3) is 5.91 Å². The van der Waals surface area contributed by atoms with Crippen LogP contribution in [0.2, 0.25) is 0 Å². The molecular weight excluding hydrogens is 332 g/mol. The van der Waals surface area contributed by atoms with Crippen molar-refractivity contribution in [3.8, 4) is 0 Å². The molecule has 2 N–H and O–H groups in total. The van der Waals surface area contributed by atoms with E-state index in [0.717, 1.165) is 16.2 Å². The third-order valence-electron chi connectivity index (χ3n) is 3.25. The molecule has 0 aromatic heterocycles. The molecule has 0 aliphatic rings. The standard InChI is InChI=1S/C20H26N2O2S/c1-5-18(11-8-15(2)3)22-25-19-12-9-17(10-13-19)20(24)21-14-6-7-16(4)23/h5,8-13,22H,2,6-7,14H2,1,3-4H3,(H,21,24)/b11-8-,18-5+. The molecule has 0 saturated carbocycles. The predicted octanol–water partition coefficient (Wildman–Crippen LogP) is 4.42. The number of benzene rings is 1. The smallest absolute Gasteiger partial charge is 0.251 e. The first-order valence-electron chi connectivity index (χ1n) is 8.23. The number of allylic oxidation sites excluding steroid dienone is 4. The molecule has 4 nitrogen and oxygen atoms in total. The third kappa shape index (κ3) is 8.96. The maximum absolute atomic E-state index is 12.0. The average Bonchev–Trinajstić information content (AvgIpc) is 2.58. The van der Waals surface area contributed by atoms with Crippen molar-refractivity contribution in [2.45, 2.75) is 38.5 Å². The Morgan fingerprint density at radius 3 is 2.40 bits per heavy atom. The summed E-state index contributed by atoms with van der Waals surface area (Å²) in [6, 6.07) is 7.39. The molecule has 0 radical (unpaired) electrons. The number of carbonyl (C=O) groups is 2. The van der Waals surface area contributed by atoms with Gasteiger partial charge in [0.1, 0.15) is 5.78 Å². The highest BCUT2D eigenvalue weighted by atomic mass is 32.2. The summed E-state index contributed by atoms with van der Waals surface area (Å²) in [5.74, 6) is 0.0216. The van der Waals surface area contributed by atoms with Gasteiger partial charge in [-0.15, -0.1) is 0 Å². The molecule has 25 heavy (non-hydrogen) atoms. The van der Waals surface area contributed by atoms with Crippen LogP contribution in [0.1, 0.15) is 44.0 Å². The first kappa shape index (κ1) is 20.8. The summed E-state index contributed by atoms with van der Waals surface area (Å²) in [6.07, 6.45) is 7.06. The highest BCUT2D eigenvalue weighted by Gasteiger charge is 2.05. The lowest BCUT2D eigenvalue weighted by molar-refractivity contribution is -0.117. The van der Waals surface area contributed by atoms with Gasteiger partial charge in [0.05, 0.1) is 0 Å². The van der Waals surface area contributed by atoms with Gasteiger partial charge in [-0.2, -0.15) is 0 Å². The van der Waals surface area contributed by atoms with Crippen LogP contribution in [-0.2, 0) is 4.79 Å². The molecule has 1 aromatic carbocycles. The number of ketones is 1. The minimum absolute atomic E-state index is 0.119. The van der Waals surface area contributed by atoms with Crippen LogP contribution >= 0.6 is 11.9 Å². The minimum Gasteiger partial charge on any atom is -0.352 e. The van der Waals surface area contributed by atoms with Crippen molar-refractivity contribution in [2.24, 2.45) is 0 Å². The molecule has 0 saturated heterocycles. The van der Waals surface area contributed by atoms with Crippen LogP contribution in [0.3, 0.4) is 0 Å². The number of nitrogens with one attached hydrogen (secondary N) is 2. The van der Waals surface area contributed by atoms with Gasteiger partial charge in [-0.25, -0.2) is 0 Å². The Kier molecular flexibility index (Phi) is 9.40. The summed E-state index contributed by atoms with van der Waals surface area (Å²) < 4.78 is 3.26. The van der Waals surface area contributed by atoms with Crippen LogP contribution in [0.15, 0.2) is 65.2 Å². The highest BCUT2D eigenvalue weighted by molar-refractivity contribution is 7.97. The molecule has 5 heteroatoms. The van der Waals surface area contributed by atoms with Crippen molar-refractivity contribution in [3.05, 3.63) is 65.9 Å². The van der Waals surface area contributed by atoms with Crippen molar-refractivity contribution < 1.29 is 9.59 Å². The van der Waals surface area contributed by atoms with E-state index in [2.05, 4.69) is 16.6 Å². The predicted molar refractivity (Wildman–Crippen MR) is 105 cm³/mol. The molecule has 0 spiro atoms. The lowest BCUT2D eigenvalue weighted by atomic mass is 10.2. The van der Waals surface area contributed by atoms with Crippen molar-refractivity contribution in [2.75, 3.05) is 6.54 Å². The Morgan fingerprint density at radius 1 is 1.16 bits per heavy atom. The Balaban J connectivity index is 2.48. The molecule has 0 atom stereocenters. The maximum atomic E-state index is 12.0. The summed E-state index contributed by atoms with van der Waals surface area (Å²) in [5.41, 5.74) is 2.59. The van der Waals surface area contributed by atoms with Gasteiger partial charge in [0.15, 0.2) is 0 Å². The number of Topliss-reactive ketones (excluding diaryl/α,β-unsaturated/α-hetero) is 1. The first-order chi connectivity index (χ1) is 11.9. The molecule has 0 aliphatic carbocycles. The van der Waals surface area contributed by atoms with Crippen LogP contribution < -0.4 is 10.0 Å². The molecule has 0 unspecified atom stereocenters. The summed E-state index contributed by atoms with van der Waals surface area (Å²) in [4.78, 5) is 23.9. The fourth-order valence-electron chi connectivity index (χ4n) is 1.85. The van der Waals surface area contributed by atoms with Gasteiger partial charge < -0.3 is 14.8 Å². The fourth-order valence-corrected chi connectivity index (χ4v) is 2.55. The van der Waals surface area contributed by atoms with Gasteiger partial charge in [-0.3, -0.25) is 4.79 Å². The van der Waals surface area contributed by atoms with Crippen LogP contribution in [0.4, 0.5) is 0 Å². The molecule has 0 aliphatic heterocycles. The normalized spacial score (nSPS) is 11.4. The van der Waals surface area contributed by atoms with E-state index in [4.69, 9.17) is 0 Å². The van der Waals surface area contributed by atoms with E-state index in [9.17, 15) is 9.59 Å². The molecule has 0 bridgehead atoms. The van der Waals surface area contributed by atoms with Gasteiger partial charge in [0.2, 0.25) is 0 Å². The summed E-state index contributed by atoms with van der Waals surface area (Å²) in [5, 5.41) is 2.82. The van der Waals surface area contributed by atoms with E-state index in [1.807, 2.05) is 44.2 Å². The minimum atomic E-state index is -0.119. The lowest BCUT2D eigenvalue weighted by Gasteiger charge is -2.08.